The molecule has 3 rings (SSSR count). The number of para-hydroxylation sites is 1. The fraction of sp³-hybridized carbons (Fsp3) is 0.400. The molecule has 0 aromatic heterocycles. The largest absolute Gasteiger partial charge is 0.380 e. The number of anilines is 2. The van der Waals surface area contributed by atoms with Gasteiger partial charge in [0.05, 0.1) is 6.61 Å². The molecule has 0 spiro atoms. The molecule has 0 saturated carbocycles. The van der Waals surface area contributed by atoms with E-state index in [0.29, 0.717) is 6.61 Å². The van der Waals surface area contributed by atoms with Crippen LogP contribution in [0.5, 0.6) is 0 Å². The van der Waals surface area contributed by atoms with Gasteiger partial charge in [0.2, 0.25) is 0 Å². The van der Waals surface area contributed by atoms with Gasteiger partial charge in [-0.3, -0.25) is 5.73 Å². The first kappa shape index (κ1) is 20.2. The third-order valence-corrected chi connectivity index (χ3v) is 4.74. The van der Waals surface area contributed by atoms with E-state index in [1.54, 1.807) is 7.11 Å². The Morgan fingerprint density at radius 2 is 1.64 bits per heavy atom. The maximum Gasteiger partial charge on any atom is 0.155 e. The number of aryl methyl sites for hydroxylation is 3. The van der Waals surface area contributed by atoms with Crippen LogP contribution in [0.1, 0.15) is 22.3 Å². The van der Waals surface area contributed by atoms with Gasteiger partial charge in [-0.1, -0.05) is 35.9 Å². The quantitative estimate of drug-likeness (QED) is 0.830. The fourth-order valence-electron chi connectivity index (χ4n) is 3.85. The zero-order chi connectivity index (χ0) is 17.3. The minimum Gasteiger partial charge on any atom is -0.380 e. The predicted octanol–water partition coefficient (Wildman–Crippen LogP) is 3.32. The maximum atomic E-state index is 6.64. The molecule has 1 fully saturated rings. The SMILES string of the molecule is COCc1ccccc1N1CCN(c2c(C)cc(C)cc2C)C1N.[Zr]. The van der Waals surface area contributed by atoms with Crippen molar-refractivity contribution in [1.82, 2.24) is 0 Å². The van der Waals surface area contributed by atoms with E-state index in [-0.39, 0.29) is 32.5 Å². The third kappa shape index (κ3) is 3.99. The van der Waals surface area contributed by atoms with Crippen molar-refractivity contribution in [2.45, 2.75) is 33.7 Å². The molecule has 1 aliphatic heterocycles. The summed E-state index contributed by atoms with van der Waals surface area (Å²) in [5, 5.41) is 0. The molecule has 0 aliphatic carbocycles. The normalized spacial score (nSPS) is 16.9. The average Bonchev–Trinajstić information content (AvgIpc) is 2.89. The molecule has 132 valence electrons. The summed E-state index contributed by atoms with van der Waals surface area (Å²) in [6, 6.07) is 12.8. The Balaban J connectivity index is 0.00000225. The van der Waals surface area contributed by atoms with Crippen LogP contribution in [0.25, 0.3) is 0 Å². The molecule has 2 N–H and O–H groups in total. The summed E-state index contributed by atoms with van der Waals surface area (Å²) in [7, 11) is 1.73. The monoisotopic (exact) mass is 415 g/mol. The van der Waals surface area contributed by atoms with Crippen LogP contribution in [-0.4, -0.2) is 26.5 Å². The second-order valence-electron chi connectivity index (χ2n) is 6.61. The van der Waals surface area contributed by atoms with Crippen molar-refractivity contribution in [3.8, 4) is 0 Å². The number of methoxy groups -OCH3 is 1. The van der Waals surface area contributed by atoms with Crippen LogP contribution in [-0.2, 0) is 37.5 Å². The van der Waals surface area contributed by atoms with Gasteiger partial charge in [0, 0.05) is 63.3 Å². The third-order valence-electron chi connectivity index (χ3n) is 4.74. The van der Waals surface area contributed by atoms with Crippen LogP contribution in [0.15, 0.2) is 36.4 Å². The van der Waals surface area contributed by atoms with Crippen molar-refractivity contribution in [1.29, 1.82) is 0 Å². The van der Waals surface area contributed by atoms with Gasteiger partial charge in [0.15, 0.2) is 6.29 Å². The van der Waals surface area contributed by atoms with Gasteiger partial charge in [-0.25, -0.2) is 0 Å². The summed E-state index contributed by atoms with van der Waals surface area (Å²) in [5.41, 5.74) is 14.1. The van der Waals surface area contributed by atoms with Crippen molar-refractivity contribution in [2.24, 2.45) is 5.73 Å². The summed E-state index contributed by atoms with van der Waals surface area (Å²) >= 11 is 0. The minimum atomic E-state index is -0.164. The summed E-state index contributed by atoms with van der Waals surface area (Å²) in [6.07, 6.45) is -0.164. The molecule has 1 unspecified atom stereocenters. The van der Waals surface area contributed by atoms with Crippen LogP contribution >= 0.6 is 0 Å². The number of nitrogens with zero attached hydrogens (tertiary/aromatic N) is 2. The Kier molecular flexibility index (Phi) is 6.84. The summed E-state index contributed by atoms with van der Waals surface area (Å²) in [5.74, 6) is 0. The van der Waals surface area contributed by atoms with E-state index in [4.69, 9.17) is 10.5 Å². The van der Waals surface area contributed by atoms with E-state index in [1.807, 2.05) is 6.07 Å². The van der Waals surface area contributed by atoms with Gasteiger partial charge in [0.25, 0.3) is 0 Å². The van der Waals surface area contributed by atoms with Crippen LogP contribution in [0, 0.1) is 20.8 Å². The van der Waals surface area contributed by atoms with Gasteiger partial charge in [-0.05, 0) is 38.0 Å². The number of hydrogen-bond donors (Lipinski definition) is 1. The molecule has 0 amide bonds. The Hall–Kier alpha value is -1.16. The first-order chi connectivity index (χ1) is 11.5. The molecule has 5 heteroatoms. The zero-order valence-electron chi connectivity index (χ0n) is 15.5. The Labute approximate surface area is 170 Å². The van der Waals surface area contributed by atoms with E-state index in [2.05, 4.69) is 60.9 Å². The van der Waals surface area contributed by atoms with Crippen molar-refractivity contribution >= 4 is 11.4 Å². The van der Waals surface area contributed by atoms with Gasteiger partial charge >= 0.3 is 0 Å². The van der Waals surface area contributed by atoms with E-state index in [0.717, 1.165) is 18.8 Å². The predicted molar refractivity (Wildman–Crippen MR) is 100 cm³/mol. The Morgan fingerprint density at radius 1 is 1.04 bits per heavy atom. The number of rotatable bonds is 4. The second-order valence-corrected chi connectivity index (χ2v) is 6.61. The van der Waals surface area contributed by atoms with Crippen LogP contribution in [0.2, 0.25) is 0 Å². The van der Waals surface area contributed by atoms with E-state index < -0.39 is 0 Å². The molecular weight excluding hydrogens is 389 g/mol. The smallest absolute Gasteiger partial charge is 0.155 e. The maximum absolute atomic E-state index is 6.64. The summed E-state index contributed by atoms with van der Waals surface area (Å²) < 4.78 is 5.35. The molecule has 25 heavy (non-hydrogen) atoms. The molecule has 0 radical (unpaired) electrons. The van der Waals surface area contributed by atoms with Crippen molar-refractivity contribution in [3.63, 3.8) is 0 Å². The molecule has 1 heterocycles. The van der Waals surface area contributed by atoms with Crippen molar-refractivity contribution in [3.05, 3.63) is 58.7 Å². The zero-order valence-corrected chi connectivity index (χ0v) is 18.0. The van der Waals surface area contributed by atoms with Gasteiger partial charge < -0.3 is 14.5 Å². The van der Waals surface area contributed by atoms with Crippen LogP contribution in [0.4, 0.5) is 11.4 Å². The fourth-order valence-corrected chi connectivity index (χ4v) is 3.85. The van der Waals surface area contributed by atoms with Crippen LogP contribution < -0.4 is 15.5 Å². The van der Waals surface area contributed by atoms with E-state index in [1.165, 1.54) is 27.9 Å². The molecule has 2 aromatic carbocycles. The molecule has 1 saturated heterocycles. The standard InChI is InChI=1S/C20H27N3O.Zr/c1-14-11-15(2)19(16(3)12-14)23-10-9-22(20(23)21)18-8-6-5-7-17(18)13-24-4;/h5-8,11-12,20H,9-10,13,21H2,1-4H3;. The van der Waals surface area contributed by atoms with E-state index in [9.17, 15) is 0 Å². The van der Waals surface area contributed by atoms with Crippen LogP contribution in [0.3, 0.4) is 0 Å². The first-order valence-corrected chi connectivity index (χ1v) is 8.46. The minimum absolute atomic E-state index is 0. The topological polar surface area (TPSA) is 41.7 Å². The molecule has 1 aliphatic rings. The molecule has 0 bridgehead atoms. The second kappa shape index (κ2) is 8.48. The first-order valence-electron chi connectivity index (χ1n) is 8.46. The van der Waals surface area contributed by atoms with Gasteiger partial charge in [-0.2, -0.15) is 0 Å². The molecule has 4 nitrogen and oxygen atoms in total. The summed E-state index contributed by atoms with van der Waals surface area (Å²) in [4.78, 5) is 4.58. The number of nitrogens with two attached hydrogens (primary N) is 1. The average molecular weight is 417 g/mol. The Bertz CT molecular complexity index is 712. The van der Waals surface area contributed by atoms with Gasteiger partial charge in [0.1, 0.15) is 0 Å². The van der Waals surface area contributed by atoms with Crippen molar-refractivity contribution < 1.29 is 30.9 Å². The molecule has 2 aromatic rings. The van der Waals surface area contributed by atoms with Gasteiger partial charge in [-0.15, -0.1) is 0 Å². The van der Waals surface area contributed by atoms with Crippen molar-refractivity contribution in [2.75, 3.05) is 30.0 Å². The number of benzene rings is 2. The number of hydrogen-bond acceptors (Lipinski definition) is 4. The molecular formula is C20H27N3OZr. The Morgan fingerprint density at radius 3 is 2.28 bits per heavy atom. The molecule has 1 atom stereocenters. The number of ether oxygens (including phenoxy) is 1. The summed E-state index contributed by atoms with van der Waals surface area (Å²) in [6.45, 7) is 8.91. The van der Waals surface area contributed by atoms with E-state index >= 15 is 0 Å².